The van der Waals surface area contributed by atoms with Gasteiger partial charge in [0.2, 0.25) is 0 Å². The van der Waals surface area contributed by atoms with Crippen molar-refractivity contribution in [1.29, 1.82) is 0 Å². The van der Waals surface area contributed by atoms with Crippen molar-refractivity contribution in [2.45, 2.75) is 25.2 Å². The number of hydrogen-bond donors (Lipinski definition) is 0. The van der Waals surface area contributed by atoms with Gasteiger partial charge in [-0.3, -0.25) is 0 Å². The second kappa shape index (κ2) is 10.9. The first kappa shape index (κ1) is 28.6. The predicted molar refractivity (Wildman–Crippen MR) is 209 cm³/mol. The van der Waals surface area contributed by atoms with Gasteiger partial charge in [-0.25, -0.2) is 0 Å². The number of hydrogen-bond acceptors (Lipinski definition) is 2. The third-order valence-corrected chi connectivity index (χ3v) is 11.4. The van der Waals surface area contributed by atoms with Crippen molar-refractivity contribution in [3.63, 3.8) is 0 Å². The van der Waals surface area contributed by atoms with Gasteiger partial charge in [-0.1, -0.05) is 110 Å². The molecule has 3 heterocycles. The average Bonchev–Trinajstić information content (AvgIpc) is 3.69. The molecule has 0 spiro atoms. The molecule has 0 aliphatic heterocycles. The monoisotopic (exact) mass is 654 g/mol. The Morgan fingerprint density at radius 1 is 0.647 bits per heavy atom. The zero-order chi connectivity index (χ0) is 33.6. The van der Waals surface area contributed by atoms with Crippen LogP contribution in [-0.2, 0) is 6.42 Å². The van der Waals surface area contributed by atoms with E-state index in [4.69, 9.17) is 0 Å². The smallest absolute Gasteiger partial charge is 0.0753 e. The topological polar surface area (TPSA) is 35.6 Å². The fourth-order valence-electron chi connectivity index (χ4n) is 9.08. The van der Waals surface area contributed by atoms with E-state index in [-0.39, 0.29) is 11.8 Å². The summed E-state index contributed by atoms with van der Waals surface area (Å²) in [5, 5.41) is 12.8. The molecule has 3 aromatic heterocycles. The molecule has 0 N–H and O–H groups in total. The van der Waals surface area contributed by atoms with Crippen LogP contribution in [0.2, 0.25) is 0 Å². The van der Waals surface area contributed by atoms with E-state index >= 15 is 0 Å². The van der Waals surface area contributed by atoms with Gasteiger partial charge in [0.1, 0.15) is 0 Å². The maximum atomic E-state index is 4.67. The van der Waals surface area contributed by atoms with Gasteiger partial charge in [-0.15, -0.1) is 0 Å². The number of benzene rings is 5. The van der Waals surface area contributed by atoms with E-state index in [1.54, 1.807) is 0 Å². The fraction of sp³-hybridized carbons (Fsp3) is 0.106. The lowest BCUT2D eigenvalue weighted by molar-refractivity contribution is 0.607. The van der Waals surface area contributed by atoms with Crippen LogP contribution in [0.25, 0.3) is 61.3 Å². The first-order valence-electron chi connectivity index (χ1n) is 18.0. The maximum absolute atomic E-state index is 4.67. The number of rotatable bonds is 4. The van der Waals surface area contributed by atoms with Crippen LogP contribution >= 0.6 is 0 Å². The van der Waals surface area contributed by atoms with Crippen molar-refractivity contribution < 1.29 is 0 Å². The second-order valence-corrected chi connectivity index (χ2v) is 14.3. The van der Waals surface area contributed by atoms with Crippen molar-refractivity contribution in [3.8, 4) is 11.4 Å². The van der Waals surface area contributed by atoms with Crippen LogP contribution in [0.15, 0.2) is 152 Å². The summed E-state index contributed by atoms with van der Waals surface area (Å²) in [7, 11) is 0. The van der Waals surface area contributed by atoms with Crippen molar-refractivity contribution in [2.24, 2.45) is 5.92 Å². The van der Waals surface area contributed by atoms with E-state index in [9.17, 15) is 0 Å². The molecule has 2 unspecified atom stereocenters. The van der Waals surface area contributed by atoms with E-state index in [1.165, 1.54) is 77.5 Å². The van der Waals surface area contributed by atoms with Crippen molar-refractivity contribution in [3.05, 3.63) is 185 Å². The van der Waals surface area contributed by atoms with Gasteiger partial charge in [-0.2, -0.15) is 10.2 Å². The lowest BCUT2D eigenvalue weighted by Gasteiger charge is -2.41. The summed E-state index contributed by atoms with van der Waals surface area (Å²) in [6.07, 6.45) is 12.4. The molecular formula is C47H34N4. The Morgan fingerprint density at radius 2 is 1.29 bits per heavy atom. The lowest BCUT2D eigenvalue weighted by Crippen LogP contribution is -2.28. The third kappa shape index (κ3) is 4.20. The normalized spacial score (nSPS) is 19.0. The highest BCUT2D eigenvalue weighted by Gasteiger charge is 2.43. The minimum Gasteiger partial charge on any atom is -0.313 e. The van der Waals surface area contributed by atoms with E-state index in [0.717, 1.165) is 17.8 Å². The van der Waals surface area contributed by atoms with E-state index < -0.39 is 0 Å². The van der Waals surface area contributed by atoms with Crippen molar-refractivity contribution in [2.75, 3.05) is 0 Å². The van der Waals surface area contributed by atoms with Gasteiger partial charge < -0.3 is 9.13 Å². The lowest BCUT2D eigenvalue weighted by atomic mass is 9.63. The first-order chi connectivity index (χ1) is 25.2. The zero-order valence-corrected chi connectivity index (χ0v) is 28.2. The van der Waals surface area contributed by atoms with Crippen LogP contribution in [0.3, 0.4) is 0 Å². The number of nitrogens with zero attached hydrogens (tertiary/aromatic N) is 4. The Hall–Kier alpha value is -6.26. The summed E-state index contributed by atoms with van der Waals surface area (Å²) in [6, 6.07) is 46.6. The van der Waals surface area contributed by atoms with Gasteiger partial charge >= 0.3 is 0 Å². The molecule has 0 bridgehead atoms. The summed E-state index contributed by atoms with van der Waals surface area (Å²) in [5.74, 6) is 0.923. The van der Waals surface area contributed by atoms with E-state index in [1.807, 2.05) is 6.20 Å². The molecule has 0 amide bonds. The minimum absolute atomic E-state index is 0.169. The second-order valence-electron chi connectivity index (χ2n) is 14.3. The van der Waals surface area contributed by atoms with Gasteiger partial charge in [0.15, 0.2) is 0 Å². The number of fused-ring (bicyclic) bond motifs is 10. The molecule has 4 nitrogen and oxygen atoms in total. The standard InChI is InChI=1S/C47H34N4/c1-29-20-21-38-37-16-4-7-19-44(37)51(45(38)24-29)33-12-8-10-30(25-33)32-27-40(46-41(28-32)39-22-23-48-49-47(39)46)31-11-9-13-34(26-31)50-42-17-5-2-14-35(42)36-15-3-6-18-43(36)50/h2-23,25-29,41,46H,24H2,1H3/t29?,41-,46?/m1/s1. The zero-order valence-electron chi connectivity index (χ0n) is 28.2. The summed E-state index contributed by atoms with van der Waals surface area (Å²) in [5.41, 5.74) is 16.2. The SMILES string of the molecule is CC1C=Cc2c(n(-c3cccc(C4=C[C@@H]5c6ccnnc6C5C(c5cccc(-n6c7ccccc7c7ccccc76)c5)=C4)c3)c3ccccc23)C1. The molecule has 0 fully saturated rings. The highest BCUT2D eigenvalue weighted by atomic mass is 15.1. The molecule has 3 aliphatic rings. The summed E-state index contributed by atoms with van der Waals surface area (Å²) >= 11 is 0. The number of aromatic nitrogens is 4. The summed E-state index contributed by atoms with van der Waals surface area (Å²) in [4.78, 5) is 0. The predicted octanol–water partition coefficient (Wildman–Crippen LogP) is 11.1. The van der Waals surface area contributed by atoms with Crippen LogP contribution < -0.4 is 0 Å². The van der Waals surface area contributed by atoms with Gasteiger partial charge in [-0.05, 0) is 88.7 Å². The maximum Gasteiger partial charge on any atom is 0.0753 e. The molecule has 0 saturated heterocycles. The largest absolute Gasteiger partial charge is 0.313 e. The van der Waals surface area contributed by atoms with Gasteiger partial charge in [0.05, 0.1) is 22.2 Å². The Kier molecular flexibility index (Phi) is 6.09. The Labute approximate surface area is 296 Å². The van der Waals surface area contributed by atoms with E-state index in [0.29, 0.717) is 5.92 Å². The van der Waals surface area contributed by atoms with Crippen molar-refractivity contribution >= 4 is 49.9 Å². The Bertz CT molecular complexity index is 2770. The number of allylic oxidation sites excluding steroid dienone is 5. The highest BCUT2D eigenvalue weighted by molar-refractivity contribution is 6.09. The fourth-order valence-corrected chi connectivity index (χ4v) is 9.08. The van der Waals surface area contributed by atoms with Crippen molar-refractivity contribution in [1.82, 2.24) is 19.3 Å². The minimum atomic E-state index is 0.169. The van der Waals surface area contributed by atoms with Crippen LogP contribution in [0.4, 0.5) is 0 Å². The van der Waals surface area contributed by atoms with Crippen LogP contribution in [0.5, 0.6) is 0 Å². The molecule has 3 atom stereocenters. The highest BCUT2D eigenvalue weighted by Crippen LogP contribution is 2.57. The molecule has 0 saturated carbocycles. The molecule has 3 aliphatic carbocycles. The van der Waals surface area contributed by atoms with Gasteiger partial charge in [0, 0.05) is 56.8 Å². The third-order valence-electron chi connectivity index (χ3n) is 11.4. The summed E-state index contributed by atoms with van der Waals surface area (Å²) in [6.45, 7) is 2.31. The molecule has 51 heavy (non-hydrogen) atoms. The summed E-state index contributed by atoms with van der Waals surface area (Å²) < 4.78 is 4.90. The van der Waals surface area contributed by atoms with Crippen LogP contribution in [0.1, 0.15) is 52.4 Å². The molecular weight excluding hydrogens is 621 g/mol. The van der Waals surface area contributed by atoms with Crippen LogP contribution in [-0.4, -0.2) is 19.3 Å². The molecule has 4 heteroatoms. The van der Waals surface area contributed by atoms with E-state index in [2.05, 4.69) is 178 Å². The molecule has 5 aromatic carbocycles. The van der Waals surface area contributed by atoms with Gasteiger partial charge in [0.25, 0.3) is 0 Å². The Balaban J connectivity index is 1.07. The van der Waals surface area contributed by atoms with Crippen LogP contribution in [0, 0.1) is 5.92 Å². The molecule has 242 valence electrons. The first-order valence-corrected chi connectivity index (χ1v) is 18.0. The number of para-hydroxylation sites is 3. The molecule has 8 aromatic rings. The molecule has 11 rings (SSSR count). The average molecular weight is 655 g/mol. The quantitative estimate of drug-likeness (QED) is 0.189. The Morgan fingerprint density at radius 3 is 2.06 bits per heavy atom. The molecule has 0 radical (unpaired) electrons.